The third kappa shape index (κ3) is 4.26. The van der Waals surface area contributed by atoms with E-state index in [1.165, 1.54) is 12.5 Å². The molecule has 4 rings (SSSR count). The molecule has 1 N–H and O–H groups in total. The van der Waals surface area contributed by atoms with Crippen LogP contribution in [0.2, 0.25) is 0 Å². The third-order valence-corrected chi connectivity index (χ3v) is 5.96. The third-order valence-electron chi connectivity index (χ3n) is 5.96. The normalized spacial score (nSPS) is 20.1. The van der Waals surface area contributed by atoms with E-state index in [0.29, 0.717) is 12.2 Å². The Bertz CT molecular complexity index is 1110. The highest BCUT2D eigenvalue weighted by Crippen LogP contribution is 2.22. The Kier molecular flexibility index (Phi) is 5.90. The zero-order valence-electron chi connectivity index (χ0n) is 18.1. The average Bonchev–Trinajstić information content (AvgIpc) is 2.99. The van der Waals surface area contributed by atoms with Crippen molar-refractivity contribution < 1.29 is 4.79 Å². The summed E-state index contributed by atoms with van der Waals surface area (Å²) in [5, 5.41) is 3.94. The minimum absolute atomic E-state index is 0.0314. The number of benzene rings is 1. The molecule has 0 spiro atoms. The van der Waals surface area contributed by atoms with Crippen molar-refractivity contribution >= 4 is 22.5 Å². The SMILES string of the molecule is Cc1cc(=O)nc2c3ccccc3n(CC(=O)NCCCN3C[C@H](C)C[C@@H](C)C3)n12. The zero-order chi connectivity index (χ0) is 21.3. The molecule has 3 aromatic rings. The molecule has 0 aliphatic carbocycles. The van der Waals surface area contributed by atoms with Crippen LogP contribution in [0.25, 0.3) is 16.6 Å². The smallest absolute Gasteiger partial charge is 0.273 e. The lowest BCUT2D eigenvalue weighted by molar-refractivity contribution is -0.121. The predicted molar refractivity (Wildman–Crippen MR) is 119 cm³/mol. The van der Waals surface area contributed by atoms with Gasteiger partial charge in [-0.1, -0.05) is 26.0 Å². The van der Waals surface area contributed by atoms with Crippen LogP contribution >= 0.6 is 0 Å². The van der Waals surface area contributed by atoms with Gasteiger partial charge in [-0.2, -0.15) is 4.98 Å². The Balaban J connectivity index is 1.42. The average molecular weight is 410 g/mol. The van der Waals surface area contributed by atoms with Crippen molar-refractivity contribution in [3.8, 4) is 0 Å². The second kappa shape index (κ2) is 8.60. The number of amides is 1. The summed E-state index contributed by atoms with van der Waals surface area (Å²) < 4.78 is 3.76. The highest BCUT2D eigenvalue weighted by Gasteiger charge is 2.21. The van der Waals surface area contributed by atoms with Crippen LogP contribution in [0.4, 0.5) is 0 Å². The van der Waals surface area contributed by atoms with Crippen LogP contribution in [0.1, 0.15) is 32.4 Å². The first-order chi connectivity index (χ1) is 14.4. The predicted octanol–water partition coefficient (Wildman–Crippen LogP) is 2.44. The molecule has 0 radical (unpaired) electrons. The van der Waals surface area contributed by atoms with Crippen molar-refractivity contribution in [3.63, 3.8) is 0 Å². The van der Waals surface area contributed by atoms with Crippen molar-refractivity contribution in [2.45, 2.75) is 40.2 Å². The molecule has 30 heavy (non-hydrogen) atoms. The van der Waals surface area contributed by atoms with Gasteiger partial charge in [-0.05, 0) is 50.3 Å². The summed E-state index contributed by atoms with van der Waals surface area (Å²) >= 11 is 0. The number of hydrogen-bond acceptors (Lipinski definition) is 4. The molecule has 1 aliphatic heterocycles. The summed E-state index contributed by atoms with van der Waals surface area (Å²) in [6, 6.07) is 9.25. The molecule has 1 saturated heterocycles. The van der Waals surface area contributed by atoms with Gasteiger partial charge < -0.3 is 10.2 Å². The van der Waals surface area contributed by atoms with Crippen molar-refractivity contribution in [2.24, 2.45) is 11.8 Å². The monoisotopic (exact) mass is 409 g/mol. The minimum atomic E-state index is -0.263. The van der Waals surface area contributed by atoms with Crippen LogP contribution in [0.3, 0.4) is 0 Å². The van der Waals surface area contributed by atoms with E-state index in [9.17, 15) is 9.59 Å². The molecule has 160 valence electrons. The van der Waals surface area contributed by atoms with Gasteiger partial charge in [-0.25, -0.2) is 4.52 Å². The Morgan fingerprint density at radius 1 is 1.20 bits per heavy atom. The molecule has 1 fully saturated rings. The lowest BCUT2D eigenvalue weighted by Gasteiger charge is -2.34. The van der Waals surface area contributed by atoms with Crippen LogP contribution in [0, 0.1) is 18.8 Å². The second-order valence-corrected chi connectivity index (χ2v) is 8.86. The first kappa shape index (κ1) is 20.6. The van der Waals surface area contributed by atoms with Gasteiger partial charge in [-0.15, -0.1) is 0 Å². The molecule has 1 amide bonds. The van der Waals surface area contributed by atoms with Gasteiger partial charge in [0, 0.05) is 36.8 Å². The van der Waals surface area contributed by atoms with Crippen LogP contribution < -0.4 is 10.9 Å². The molecule has 3 heterocycles. The highest BCUT2D eigenvalue weighted by molar-refractivity contribution is 5.93. The molecule has 0 bridgehead atoms. The van der Waals surface area contributed by atoms with Gasteiger partial charge in [0.25, 0.3) is 5.56 Å². The molecule has 7 heteroatoms. The summed E-state index contributed by atoms with van der Waals surface area (Å²) in [5.74, 6) is 1.47. The topological polar surface area (TPSA) is 71.6 Å². The minimum Gasteiger partial charge on any atom is -0.354 e. The van der Waals surface area contributed by atoms with Crippen molar-refractivity contribution in [2.75, 3.05) is 26.2 Å². The summed E-state index contributed by atoms with van der Waals surface area (Å²) in [7, 11) is 0. The number of fused-ring (bicyclic) bond motifs is 3. The van der Waals surface area contributed by atoms with E-state index >= 15 is 0 Å². The molecular weight excluding hydrogens is 378 g/mol. The molecule has 1 aliphatic rings. The van der Waals surface area contributed by atoms with E-state index in [4.69, 9.17) is 0 Å². The highest BCUT2D eigenvalue weighted by atomic mass is 16.2. The zero-order valence-corrected chi connectivity index (χ0v) is 18.1. The van der Waals surface area contributed by atoms with E-state index in [1.807, 2.05) is 40.4 Å². The fourth-order valence-corrected chi connectivity index (χ4v) is 4.92. The molecule has 7 nitrogen and oxygen atoms in total. The summed E-state index contributed by atoms with van der Waals surface area (Å²) in [5.41, 5.74) is 1.99. The second-order valence-electron chi connectivity index (χ2n) is 8.86. The number of likely N-dealkylation sites (tertiary alicyclic amines) is 1. The number of rotatable bonds is 6. The lowest BCUT2D eigenvalue weighted by atomic mass is 9.92. The number of nitrogens with one attached hydrogen (secondary N) is 1. The van der Waals surface area contributed by atoms with E-state index < -0.39 is 0 Å². The molecule has 2 aromatic heterocycles. The number of nitrogens with zero attached hydrogens (tertiary/aromatic N) is 4. The van der Waals surface area contributed by atoms with E-state index in [-0.39, 0.29) is 18.0 Å². The fourth-order valence-electron chi connectivity index (χ4n) is 4.92. The Morgan fingerprint density at radius 3 is 2.70 bits per heavy atom. The van der Waals surface area contributed by atoms with E-state index in [2.05, 4.69) is 29.0 Å². The van der Waals surface area contributed by atoms with Gasteiger partial charge in [0.05, 0.1) is 5.52 Å². The maximum atomic E-state index is 12.7. The Hall–Kier alpha value is -2.67. The van der Waals surface area contributed by atoms with Gasteiger partial charge in [-0.3, -0.25) is 14.3 Å². The first-order valence-corrected chi connectivity index (χ1v) is 10.9. The quantitative estimate of drug-likeness (QED) is 0.635. The van der Waals surface area contributed by atoms with Gasteiger partial charge in [0.1, 0.15) is 6.54 Å². The van der Waals surface area contributed by atoms with Crippen LogP contribution in [-0.2, 0) is 11.3 Å². The summed E-state index contributed by atoms with van der Waals surface area (Å²) in [6.45, 7) is 10.7. The first-order valence-electron chi connectivity index (χ1n) is 10.9. The molecule has 2 atom stereocenters. The largest absolute Gasteiger partial charge is 0.354 e. The van der Waals surface area contributed by atoms with E-state index in [0.717, 1.165) is 54.5 Å². The maximum Gasteiger partial charge on any atom is 0.273 e. The van der Waals surface area contributed by atoms with Crippen molar-refractivity contribution in [1.82, 2.24) is 24.4 Å². The van der Waals surface area contributed by atoms with Gasteiger partial charge in [0.2, 0.25) is 5.91 Å². The number of hydrogen-bond donors (Lipinski definition) is 1. The van der Waals surface area contributed by atoms with Crippen LogP contribution in [-0.4, -0.2) is 51.2 Å². The number of piperidine rings is 1. The maximum absolute atomic E-state index is 12.7. The number of carbonyl (C=O) groups is 1. The van der Waals surface area contributed by atoms with E-state index in [1.54, 1.807) is 0 Å². The molecule has 1 aromatic carbocycles. The van der Waals surface area contributed by atoms with Crippen molar-refractivity contribution in [1.29, 1.82) is 0 Å². The molecule has 0 unspecified atom stereocenters. The lowest BCUT2D eigenvalue weighted by Crippen LogP contribution is -2.40. The standard InChI is InChI=1S/C23H31N5O2/c1-16-11-17(2)14-26(13-16)10-6-9-24-22(30)15-27-20-8-5-4-7-19(20)23-25-21(29)12-18(3)28(23)27/h4-5,7-8,12,16-17H,6,9-11,13-15H2,1-3H3,(H,24,30)/t16-,17-/m1/s1. The Morgan fingerprint density at radius 2 is 1.93 bits per heavy atom. The van der Waals surface area contributed by atoms with Crippen molar-refractivity contribution in [3.05, 3.63) is 46.4 Å². The van der Waals surface area contributed by atoms with Gasteiger partial charge >= 0.3 is 0 Å². The number of carbonyl (C=O) groups excluding carboxylic acids is 1. The number of aromatic nitrogens is 3. The number of para-hydroxylation sites is 1. The van der Waals surface area contributed by atoms with Crippen LogP contribution in [0.15, 0.2) is 35.1 Å². The summed E-state index contributed by atoms with van der Waals surface area (Å²) in [4.78, 5) is 31.3. The van der Waals surface area contributed by atoms with Gasteiger partial charge in [0.15, 0.2) is 5.65 Å². The Labute approximate surface area is 176 Å². The fraction of sp³-hybridized carbons (Fsp3) is 0.522. The molecular formula is C23H31N5O2. The van der Waals surface area contributed by atoms with Crippen LogP contribution in [0.5, 0.6) is 0 Å². The number of aryl methyl sites for hydroxylation is 1. The summed E-state index contributed by atoms with van der Waals surface area (Å²) in [6.07, 6.45) is 2.26. The molecule has 0 saturated carbocycles.